The maximum Gasteiger partial charge on any atom is 0.330 e. The lowest BCUT2D eigenvalue weighted by Crippen LogP contribution is -2.50. The van der Waals surface area contributed by atoms with Crippen LogP contribution in [-0.4, -0.2) is 11.9 Å². The number of carbonyl (C=O) groups excluding carboxylic acids is 2. The number of hydrogen-bond acceptors (Lipinski definition) is 3. The van der Waals surface area contributed by atoms with Crippen molar-refractivity contribution in [1.29, 1.82) is 0 Å². The second-order valence-electron chi connectivity index (χ2n) is 2.76. The minimum Gasteiger partial charge on any atom is -0.391 e. The maximum absolute atomic E-state index is 10.7. The van der Waals surface area contributed by atoms with E-state index in [0.29, 0.717) is 6.42 Å². The van der Waals surface area contributed by atoms with Gasteiger partial charge in [0.1, 0.15) is 0 Å². The molecule has 0 aromatic rings. The van der Waals surface area contributed by atoms with Crippen LogP contribution in [0.5, 0.6) is 0 Å². The quantitative estimate of drug-likeness (QED) is 0.424. The first-order valence-corrected chi connectivity index (χ1v) is 3.38. The molecule has 0 aromatic carbocycles. The Kier molecular flexibility index (Phi) is 1.50. The van der Waals surface area contributed by atoms with Crippen molar-refractivity contribution in [3.8, 4) is 0 Å². The first kappa shape index (κ1) is 7.25. The Morgan fingerprint density at radius 1 is 1.40 bits per heavy atom. The van der Waals surface area contributed by atoms with E-state index in [1.54, 1.807) is 6.92 Å². The van der Waals surface area contributed by atoms with Gasteiger partial charge in [-0.05, 0) is 13.3 Å². The summed E-state index contributed by atoms with van der Waals surface area (Å²) in [7, 11) is 0. The van der Waals surface area contributed by atoms with Gasteiger partial charge in [-0.2, -0.15) is 0 Å². The summed E-state index contributed by atoms with van der Waals surface area (Å²) in [4.78, 5) is 21.4. The van der Waals surface area contributed by atoms with E-state index >= 15 is 0 Å². The van der Waals surface area contributed by atoms with E-state index in [-0.39, 0.29) is 11.9 Å². The van der Waals surface area contributed by atoms with Crippen LogP contribution >= 0.6 is 0 Å². The van der Waals surface area contributed by atoms with E-state index in [0.717, 1.165) is 6.42 Å². The topological polar surface area (TPSA) is 43.4 Å². The van der Waals surface area contributed by atoms with E-state index in [9.17, 15) is 9.59 Å². The van der Waals surface area contributed by atoms with Gasteiger partial charge in [-0.3, -0.25) is 9.59 Å². The smallest absolute Gasteiger partial charge is 0.330 e. The van der Waals surface area contributed by atoms with Crippen LogP contribution < -0.4 is 0 Å². The summed E-state index contributed by atoms with van der Waals surface area (Å²) in [6, 6.07) is 0. The number of carbonyl (C=O) groups is 2. The molecule has 1 rings (SSSR count). The average molecular weight is 142 g/mol. The summed E-state index contributed by atoms with van der Waals surface area (Å²) < 4.78 is 4.23. The van der Waals surface area contributed by atoms with E-state index in [1.807, 2.05) is 6.92 Å². The molecule has 1 aliphatic heterocycles. The largest absolute Gasteiger partial charge is 0.391 e. The summed E-state index contributed by atoms with van der Waals surface area (Å²) in [6.07, 6.45) is 1.43. The van der Waals surface area contributed by atoms with Crippen LogP contribution in [-0.2, 0) is 14.3 Å². The van der Waals surface area contributed by atoms with Crippen molar-refractivity contribution in [2.45, 2.75) is 26.7 Å². The third-order valence-corrected chi connectivity index (χ3v) is 1.84. The van der Waals surface area contributed by atoms with Crippen molar-refractivity contribution in [1.82, 2.24) is 0 Å². The fraction of sp³-hybridized carbons (Fsp3) is 0.714. The van der Waals surface area contributed by atoms with Gasteiger partial charge in [0, 0.05) is 0 Å². The highest BCUT2D eigenvalue weighted by molar-refractivity contribution is 6.13. The Bertz CT molecular complexity index is 169. The molecule has 56 valence electrons. The summed E-state index contributed by atoms with van der Waals surface area (Å²) in [6.45, 7) is 3.56. The molecule has 0 amide bonds. The molecule has 10 heavy (non-hydrogen) atoms. The van der Waals surface area contributed by atoms with Crippen molar-refractivity contribution in [2.75, 3.05) is 0 Å². The van der Waals surface area contributed by atoms with Gasteiger partial charge in [0.05, 0.1) is 0 Å². The van der Waals surface area contributed by atoms with E-state index < -0.39 is 5.41 Å². The molecule has 3 nitrogen and oxygen atoms in total. The Labute approximate surface area is 59.4 Å². The second kappa shape index (κ2) is 2.08. The monoisotopic (exact) mass is 142 g/mol. The summed E-state index contributed by atoms with van der Waals surface area (Å²) >= 11 is 0. The Morgan fingerprint density at radius 2 is 1.90 bits per heavy atom. The predicted octanol–water partition coefficient (Wildman–Crippen LogP) is 0.876. The minimum absolute atomic E-state index is 0.376. The highest BCUT2D eigenvalue weighted by atomic mass is 16.6. The van der Waals surface area contributed by atoms with Crippen LogP contribution in [0.3, 0.4) is 0 Å². The molecule has 0 aliphatic carbocycles. The lowest BCUT2D eigenvalue weighted by atomic mass is 9.82. The lowest BCUT2D eigenvalue weighted by Gasteiger charge is -2.31. The van der Waals surface area contributed by atoms with Crippen LogP contribution in [0.1, 0.15) is 26.7 Å². The molecular formula is C7H10O3. The first-order chi connectivity index (χ1) is 4.61. The zero-order valence-corrected chi connectivity index (χ0v) is 6.14. The molecule has 0 unspecified atom stereocenters. The molecule has 3 heteroatoms. The number of esters is 2. The van der Waals surface area contributed by atoms with Crippen molar-refractivity contribution in [2.24, 2.45) is 5.41 Å². The first-order valence-electron chi connectivity index (χ1n) is 3.38. The standard InChI is InChI=1S/C7H10O3/c1-3-4-7(2)5(8)10-6(7)9/h3-4H2,1-2H3. The van der Waals surface area contributed by atoms with Gasteiger partial charge in [-0.15, -0.1) is 0 Å². The Morgan fingerprint density at radius 3 is 2.10 bits per heavy atom. The molecule has 0 radical (unpaired) electrons. The highest BCUT2D eigenvalue weighted by Gasteiger charge is 2.53. The summed E-state index contributed by atoms with van der Waals surface area (Å²) in [5, 5.41) is 0. The molecule has 0 saturated carbocycles. The van der Waals surface area contributed by atoms with Gasteiger partial charge in [0.2, 0.25) is 0 Å². The lowest BCUT2D eigenvalue weighted by molar-refractivity contribution is -0.195. The molecule has 0 aromatic heterocycles. The number of hydrogen-bond donors (Lipinski definition) is 0. The zero-order valence-electron chi connectivity index (χ0n) is 6.14. The zero-order chi connectivity index (χ0) is 7.78. The van der Waals surface area contributed by atoms with Gasteiger partial charge in [-0.25, -0.2) is 0 Å². The Balaban J connectivity index is 2.66. The molecule has 0 N–H and O–H groups in total. The van der Waals surface area contributed by atoms with Crippen LogP contribution in [0.4, 0.5) is 0 Å². The number of rotatable bonds is 2. The Hall–Kier alpha value is -0.860. The van der Waals surface area contributed by atoms with Crippen LogP contribution in [0.2, 0.25) is 0 Å². The predicted molar refractivity (Wildman–Crippen MR) is 34.1 cm³/mol. The van der Waals surface area contributed by atoms with Crippen LogP contribution in [0.25, 0.3) is 0 Å². The highest BCUT2D eigenvalue weighted by Crippen LogP contribution is 2.34. The fourth-order valence-corrected chi connectivity index (χ4v) is 1.05. The van der Waals surface area contributed by atoms with E-state index in [2.05, 4.69) is 4.74 Å². The number of cyclic esters (lactones) is 2. The number of ether oxygens (including phenoxy) is 1. The molecule has 1 heterocycles. The van der Waals surface area contributed by atoms with E-state index in [4.69, 9.17) is 0 Å². The summed E-state index contributed by atoms with van der Waals surface area (Å²) in [5.41, 5.74) is -0.811. The molecular weight excluding hydrogens is 132 g/mol. The normalized spacial score (nSPS) is 21.8. The van der Waals surface area contributed by atoms with Crippen molar-refractivity contribution < 1.29 is 14.3 Å². The third kappa shape index (κ3) is 0.735. The van der Waals surface area contributed by atoms with Crippen LogP contribution in [0, 0.1) is 5.41 Å². The van der Waals surface area contributed by atoms with Crippen molar-refractivity contribution >= 4 is 11.9 Å². The molecule has 0 atom stereocenters. The summed E-state index contributed by atoms with van der Waals surface area (Å²) in [5.74, 6) is -0.751. The third-order valence-electron chi connectivity index (χ3n) is 1.84. The van der Waals surface area contributed by atoms with Crippen LogP contribution in [0.15, 0.2) is 0 Å². The molecule has 0 spiro atoms. The van der Waals surface area contributed by atoms with Gasteiger partial charge in [0.15, 0.2) is 5.41 Å². The molecule has 0 bridgehead atoms. The van der Waals surface area contributed by atoms with Crippen molar-refractivity contribution in [3.63, 3.8) is 0 Å². The van der Waals surface area contributed by atoms with Gasteiger partial charge >= 0.3 is 11.9 Å². The van der Waals surface area contributed by atoms with Crippen molar-refractivity contribution in [3.05, 3.63) is 0 Å². The molecule has 1 fully saturated rings. The average Bonchev–Trinajstić information content (AvgIpc) is 1.89. The molecule has 1 saturated heterocycles. The van der Waals surface area contributed by atoms with E-state index in [1.165, 1.54) is 0 Å². The fourth-order valence-electron chi connectivity index (χ4n) is 1.05. The maximum atomic E-state index is 10.7. The SMILES string of the molecule is CCCC1(C)C(=O)OC1=O. The minimum atomic E-state index is -0.811. The van der Waals surface area contributed by atoms with Gasteiger partial charge < -0.3 is 4.74 Å². The molecule has 1 aliphatic rings. The van der Waals surface area contributed by atoms with Gasteiger partial charge in [0.25, 0.3) is 0 Å². The van der Waals surface area contributed by atoms with Gasteiger partial charge in [-0.1, -0.05) is 13.3 Å². The second-order valence-corrected chi connectivity index (χ2v) is 2.76.